The molecule has 1 aromatic rings. The van der Waals surface area contributed by atoms with E-state index in [2.05, 4.69) is 24.1 Å². The zero-order valence-electron chi connectivity index (χ0n) is 19.6. The summed E-state index contributed by atoms with van der Waals surface area (Å²) in [5, 5.41) is 3.09. The first-order valence-corrected chi connectivity index (χ1v) is 12.9. The van der Waals surface area contributed by atoms with Gasteiger partial charge in [0, 0.05) is 44.2 Å². The number of sulfonamides is 1. The van der Waals surface area contributed by atoms with E-state index in [1.807, 2.05) is 14.1 Å². The molecule has 2 fully saturated rings. The largest absolute Gasteiger partial charge is 0.355 e. The molecule has 0 saturated carbocycles. The van der Waals surface area contributed by atoms with Crippen molar-refractivity contribution in [2.75, 3.05) is 56.9 Å². The van der Waals surface area contributed by atoms with Gasteiger partial charge >= 0.3 is 0 Å². The number of nitrogens with zero attached hydrogens (tertiary/aromatic N) is 3. The van der Waals surface area contributed by atoms with E-state index in [-0.39, 0.29) is 28.9 Å². The van der Waals surface area contributed by atoms with Crippen LogP contribution in [0.15, 0.2) is 24.3 Å². The van der Waals surface area contributed by atoms with Gasteiger partial charge in [0.1, 0.15) is 0 Å². The minimum absolute atomic E-state index is 0.0103. The number of piperidine rings is 1. The topological polar surface area (TPSA) is 90.0 Å². The molecule has 2 saturated heterocycles. The number of benzene rings is 1. The number of rotatable bonds is 7. The molecule has 0 aromatic heterocycles. The van der Waals surface area contributed by atoms with Crippen molar-refractivity contribution in [1.82, 2.24) is 15.1 Å². The number of carbonyl (C=O) groups is 2. The highest BCUT2D eigenvalue weighted by Crippen LogP contribution is 2.26. The van der Waals surface area contributed by atoms with Crippen LogP contribution in [-0.4, -0.2) is 82.6 Å². The Kier molecular flexibility index (Phi) is 7.50. The Morgan fingerprint density at radius 2 is 1.84 bits per heavy atom. The lowest BCUT2D eigenvalue weighted by molar-refractivity contribution is -0.126. The Bertz CT molecular complexity index is 937. The first-order valence-electron chi connectivity index (χ1n) is 11.3. The molecule has 0 bridgehead atoms. The van der Waals surface area contributed by atoms with Crippen LogP contribution in [0.25, 0.3) is 0 Å². The molecule has 0 radical (unpaired) electrons. The fourth-order valence-corrected chi connectivity index (χ4v) is 6.19. The van der Waals surface area contributed by atoms with Crippen molar-refractivity contribution >= 4 is 27.5 Å². The highest BCUT2D eigenvalue weighted by molar-refractivity contribution is 7.93. The fourth-order valence-electron chi connectivity index (χ4n) is 4.63. The minimum atomic E-state index is -3.29. The molecule has 1 N–H and O–H groups in total. The van der Waals surface area contributed by atoms with Crippen molar-refractivity contribution < 1.29 is 18.0 Å². The van der Waals surface area contributed by atoms with Gasteiger partial charge in [0.25, 0.3) is 5.91 Å². The first kappa shape index (κ1) is 24.5. The lowest BCUT2D eigenvalue weighted by Crippen LogP contribution is -2.46. The molecule has 0 unspecified atom stereocenters. The van der Waals surface area contributed by atoms with Gasteiger partial charge in [0.15, 0.2) is 0 Å². The summed E-state index contributed by atoms with van der Waals surface area (Å²) in [4.78, 5) is 29.5. The summed E-state index contributed by atoms with van der Waals surface area (Å²) in [5.74, 6) is 0.00227. The van der Waals surface area contributed by atoms with Crippen molar-refractivity contribution in [2.45, 2.75) is 33.1 Å². The fraction of sp³-hybridized carbons (Fsp3) is 0.652. The highest BCUT2D eigenvalue weighted by Gasteiger charge is 2.31. The van der Waals surface area contributed by atoms with Crippen LogP contribution in [-0.2, 0) is 14.8 Å². The lowest BCUT2D eigenvalue weighted by atomic mass is 9.91. The normalized spacial score (nSPS) is 19.4. The van der Waals surface area contributed by atoms with Crippen molar-refractivity contribution in [1.29, 1.82) is 0 Å². The molecule has 9 heteroatoms. The summed E-state index contributed by atoms with van der Waals surface area (Å²) >= 11 is 0. The van der Waals surface area contributed by atoms with E-state index in [1.165, 1.54) is 4.31 Å². The molecular weight excluding hydrogens is 428 g/mol. The van der Waals surface area contributed by atoms with Crippen LogP contribution in [0.2, 0.25) is 0 Å². The molecular formula is C23H36N4O4S. The predicted octanol–water partition coefficient (Wildman–Crippen LogP) is 1.78. The maximum atomic E-state index is 13.0. The number of hydrogen-bond donors (Lipinski definition) is 1. The van der Waals surface area contributed by atoms with Crippen LogP contribution in [0.3, 0.4) is 0 Å². The Morgan fingerprint density at radius 1 is 1.16 bits per heavy atom. The minimum Gasteiger partial charge on any atom is -0.355 e. The van der Waals surface area contributed by atoms with Gasteiger partial charge in [-0.1, -0.05) is 19.9 Å². The third-order valence-electron chi connectivity index (χ3n) is 6.12. The first-order chi connectivity index (χ1) is 15.0. The second-order valence-corrected chi connectivity index (χ2v) is 12.0. The van der Waals surface area contributed by atoms with Crippen molar-refractivity contribution in [3.63, 3.8) is 0 Å². The Balaban J connectivity index is 1.55. The summed E-state index contributed by atoms with van der Waals surface area (Å²) < 4.78 is 25.8. The molecule has 0 spiro atoms. The quantitative estimate of drug-likeness (QED) is 0.664. The summed E-state index contributed by atoms with van der Waals surface area (Å²) in [5.41, 5.74) is 1.02. The zero-order valence-corrected chi connectivity index (χ0v) is 20.5. The van der Waals surface area contributed by atoms with E-state index in [0.717, 1.165) is 6.54 Å². The van der Waals surface area contributed by atoms with E-state index in [9.17, 15) is 18.0 Å². The number of nitrogens with one attached hydrogen (secondary N) is 1. The van der Waals surface area contributed by atoms with Gasteiger partial charge in [-0.2, -0.15) is 0 Å². The van der Waals surface area contributed by atoms with Crippen LogP contribution < -0.4 is 9.62 Å². The van der Waals surface area contributed by atoms with Gasteiger partial charge in [-0.25, -0.2) is 8.42 Å². The smallest absolute Gasteiger partial charge is 0.253 e. The summed E-state index contributed by atoms with van der Waals surface area (Å²) in [7, 11) is 0.762. The van der Waals surface area contributed by atoms with Crippen LogP contribution in [0.1, 0.15) is 43.5 Å². The van der Waals surface area contributed by atoms with Crippen molar-refractivity contribution in [2.24, 2.45) is 11.3 Å². The third kappa shape index (κ3) is 6.01. The van der Waals surface area contributed by atoms with Gasteiger partial charge in [0.05, 0.1) is 11.4 Å². The molecule has 2 aliphatic rings. The average molecular weight is 465 g/mol. The second kappa shape index (κ2) is 9.79. The molecule has 32 heavy (non-hydrogen) atoms. The van der Waals surface area contributed by atoms with E-state index in [1.54, 1.807) is 29.2 Å². The van der Waals surface area contributed by atoms with Gasteiger partial charge in [-0.05, 0) is 57.0 Å². The molecule has 3 rings (SSSR count). The molecule has 178 valence electrons. The maximum absolute atomic E-state index is 13.0. The number of anilines is 1. The van der Waals surface area contributed by atoms with Gasteiger partial charge in [-0.3, -0.25) is 13.9 Å². The number of hydrogen-bond acceptors (Lipinski definition) is 5. The van der Waals surface area contributed by atoms with Gasteiger partial charge in [-0.15, -0.1) is 0 Å². The number of likely N-dealkylation sites (tertiary alicyclic amines) is 1. The van der Waals surface area contributed by atoms with Crippen LogP contribution in [0.4, 0.5) is 5.69 Å². The summed E-state index contributed by atoms with van der Waals surface area (Å²) in [6, 6.07) is 6.84. The molecule has 2 aliphatic heterocycles. The summed E-state index contributed by atoms with van der Waals surface area (Å²) in [6.45, 7) is 7.26. The van der Waals surface area contributed by atoms with E-state index in [4.69, 9.17) is 0 Å². The Hall–Kier alpha value is -2.13. The zero-order chi connectivity index (χ0) is 23.5. The molecule has 0 aliphatic carbocycles. The average Bonchev–Trinajstić information content (AvgIpc) is 3.10. The monoisotopic (exact) mass is 464 g/mol. The molecule has 0 atom stereocenters. The van der Waals surface area contributed by atoms with E-state index >= 15 is 0 Å². The second-order valence-electron chi connectivity index (χ2n) is 9.98. The SMILES string of the molecule is CN(C)CC(C)(C)CNC(=O)C1CCN(C(=O)c2cccc(N3CCCS3(=O)=O)c2)CC1. The molecule has 2 amide bonds. The number of amides is 2. The Labute approximate surface area is 192 Å². The van der Waals surface area contributed by atoms with Crippen LogP contribution >= 0.6 is 0 Å². The van der Waals surface area contributed by atoms with E-state index < -0.39 is 10.0 Å². The maximum Gasteiger partial charge on any atom is 0.253 e. The van der Waals surface area contributed by atoms with Crippen molar-refractivity contribution in [3.8, 4) is 0 Å². The van der Waals surface area contributed by atoms with Crippen LogP contribution in [0, 0.1) is 11.3 Å². The standard InChI is InChI=1S/C23H36N4O4S/c1-23(2,17-25(3)4)16-24-21(28)18-9-12-26(13-10-18)22(29)19-7-5-8-20(15-19)27-11-6-14-32(27,30)31/h5,7-8,15,18H,6,9-14,16-17H2,1-4H3,(H,24,28). The Morgan fingerprint density at radius 3 is 2.44 bits per heavy atom. The number of carbonyl (C=O) groups excluding carboxylic acids is 2. The van der Waals surface area contributed by atoms with Gasteiger partial charge in [0.2, 0.25) is 15.9 Å². The molecule has 8 nitrogen and oxygen atoms in total. The third-order valence-corrected chi connectivity index (χ3v) is 7.99. The van der Waals surface area contributed by atoms with Gasteiger partial charge < -0.3 is 15.1 Å². The molecule has 1 aromatic carbocycles. The summed E-state index contributed by atoms with van der Waals surface area (Å²) in [6.07, 6.45) is 1.86. The molecule has 2 heterocycles. The van der Waals surface area contributed by atoms with Crippen molar-refractivity contribution in [3.05, 3.63) is 29.8 Å². The highest BCUT2D eigenvalue weighted by atomic mass is 32.2. The van der Waals surface area contributed by atoms with E-state index in [0.29, 0.717) is 56.7 Å². The predicted molar refractivity (Wildman–Crippen MR) is 126 cm³/mol. The lowest BCUT2D eigenvalue weighted by Gasteiger charge is -2.33. The van der Waals surface area contributed by atoms with Crippen LogP contribution in [0.5, 0.6) is 0 Å².